The number of nitrogens with zero attached hydrogens (tertiary/aromatic N) is 3. The third-order valence-electron chi connectivity index (χ3n) is 5.95. The molecule has 2 aromatic carbocycles. The number of non-ortho nitro benzene ring substituents is 1. The number of carbonyl (C=O) groups is 1. The Hall–Kier alpha value is -4.32. The SMILES string of the molecule is COc1ccc([C@@H]2C(C#N)=C(N)N(c3cccc([N+](=O)[O-])c3)C3=C2C(=O)CCC3)cc1OC. The average Bonchev–Trinajstić information content (AvgIpc) is 2.83. The summed E-state index contributed by atoms with van der Waals surface area (Å²) in [6, 6.07) is 13.4. The standard InChI is InChI=1S/C24H22N4O5/c1-32-20-10-9-14(11-21(20)33-2)22-17(13-25)24(26)27(18-7-4-8-19(29)23(18)22)15-5-3-6-16(12-15)28(30)31/h3,5-6,9-12,22H,4,7-8,26H2,1-2H3/t22-/m1/s1. The van der Waals surface area contributed by atoms with E-state index in [1.165, 1.54) is 26.4 Å². The van der Waals surface area contributed by atoms with Crippen molar-refractivity contribution in [1.82, 2.24) is 0 Å². The van der Waals surface area contributed by atoms with Crippen molar-refractivity contribution in [1.29, 1.82) is 5.26 Å². The molecule has 0 saturated heterocycles. The van der Waals surface area contributed by atoms with Crippen LogP contribution in [0, 0.1) is 21.4 Å². The number of anilines is 1. The molecule has 2 N–H and O–H groups in total. The Bertz CT molecular complexity index is 1260. The molecule has 1 heterocycles. The number of Topliss-reactive ketones (excluding diaryl/α,β-unsaturated/α-hetero) is 1. The van der Waals surface area contributed by atoms with Crippen LogP contribution in [0.3, 0.4) is 0 Å². The molecule has 2 aromatic rings. The highest BCUT2D eigenvalue weighted by molar-refractivity contribution is 6.01. The highest BCUT2D eigenvalue weighted by atomic mass is 16.6. The van der Waals surface area contributed by atoms with Crippen molar-refractivity contribution in [2.45, 2.75) is 25.2 Å². The van der Waals surface area contributed by atoms with Gasteiger partial charge in [0, 0.05) is 29.8 Å². The number of hydrogen-bond acceptors (Lipinski definition) is 8. The number of nitrogens with two attached hydrogens (primary N) is 1. The van der Waals surface area contributed by atoms with Crippen LogP contribution in [0.25, 0.3) is 0 Å². The molecular formula is C24H22N4O5. The lowest BCUT2D eigenvalue weighted by atomic mass is 9.75. The van der Waals surface area contributed by atoms with Gasteiger partial charge in [-0.05, 0) is 36.6 Å². The number of nitro groups is 1. The normalized spacial score (nSPS) is 18.0. The minimum Gasteiger partial charge on any atom is -0.493 e. The van der Waals surface area contributed by atoms with Crippen molar-refractivity contribution in [2.24, 2.45) is 5.73 Å². The van der Waals surface area contributed by atoms with Gasteiger partial charge in [0.2, 0.25) is 0 Å². The molecule has 1 aliphatic heterocycles. The van der Waals surface area contributed by atoms with E-state index < -0.39 is 10.8 Å². The number of nitro benzene ring substituents is 1. The molecule has 0 spiro atoms. The van der Waals surface area contributed by atoms with Gasteiger partial charge in [-0.15, -0.1) is 0 Å². The number of methoxy groups -OCH3 is 2. The van der Waals surface area contributed by atoms with E-state index >= 15 is 0 Å². The number of ether oxygens (including phenoxy) is 2. The summed E-state index contributed by atoms with van der Waals surface area (Å²) in [5.41, 5.74) is 8.84. The number of allylic oxidation sites excluding steroid dienone is 3. The number of hydrogen-bond donors (Lipinski definition) is 1. The van der Waals surface area contributed by atoms with Gasteiger partial charge < -0.3 is 15.2 Å². The fraction of sp³-hybridized carbons (Fsp3) is 0.250. The van der Waals surface area contributed by atoms with E-state index in [1.54, 1.807) is 35.2 Å². The van der Waals surface area contributed by atoms with Crippen molar-refractivity contribution in [3.63, 3.8) is 0 Å². The summed E-state index contributed by atoms with van der Waals surface area (Å²) in [5.74, 6) is 0.387. The van der Waals surface area contributed by atoms with Crippen LogP contribution in [0.1, 0.15) is 30.7 Å². The Labute approximate surface area is 190 Å². The fourth-order valence-electron chi connectivity index (χ4n) is 4.49. The van der Waals surface area contributed by atoms with Gasteiger partial charge in [0.25, 0.3) is 5.69 Å². The first-order valence-corrected chi connectivity index (χ1v) is 10.3. The lowest BCUT2D eigenvalue weighted by Gasteiger charge is -2.39. The molecule has 9 heteroatoms. The minimum absolute atomic E-state index is 0.0771. The van der Waals surface area contributed by atoms with E-state index in [0.29, 0.717) is 53.3 Å². The molecular weight excluding hydrogens is 424 g/mol. The van der Waals surface area contributed by atoms with Gasteiger partial charge in [0.1, 0.15) is 5.82 Å². The van der Waals surface area contributed by atoms with Crippen molar-refractivity contribution in [3.05, 3.63) is 80.8 Å². The van der Waals surface area contributed by atoms with Gasteiger partial charge in [-0.1, -0.05) is 12.1 Å². The van der Waals surface area contributed by atoms with E-state index in [-0.39, 0.29) is 22.9 Å². The predicted octanol–water partition coefficient (Wildman–Crippen LogP) is 3.92. The summed E-state index contributed by atoms with van der Waals surface area (Å²) in [5, 5.41) is 21.4. The van der Waals surface area contributed by atoms with E-state index in [9.17, 15) is 20.2 Å². The lowest BCUT2D eigenvalue weighted by molar-refractivity contribution is -0.384. The van der Waals surface area contributed by atoms with Crippen LogP contribution in [0.4, 0.5) is 11.4 Å². The summed E-state index contributed by atoms with van der Waals surface area (Å²) in [6.45, 7) is 0. The number of rotatable bonds is 5. The molecule has 0 radical (unpaired) electrons. The van der Waals surface area contributed by atoms with Crippen LogP contribution in [0.15, 0.2) is 65.1 Å². The number of ketones is 1. The molecule has 168 valence electrons. The first-order chi connectivity index (χ1) is 15.9. The van der Waals surface area contributed by atoms with Gasteiger partial charge in [-0.25, -0.2) is 0 Å². The van der Waals surface area contributed by atoms with Crippen LogP contribution in [-0.4, -0.2) is 24.9 Å². The van der Waals surface area contributed by atoms with Gasteiger partial charge >= 0.3 is 0 Å². The molecule has 0 fully saturated rings. The van der Waals surface area contributed by atoms with Crippen LogP contribution in [0.2, 0.25) is 0 Å². The number of carbonyl (C=O) groups excluding carboxylic acids is 1. The van der Waals surface area contributed by atoms with E-state index in [4.69, 9.17) is 15.2 Å². The van der Waals surface area contributed by atoms with Crippen molar-refractivity contribution >= 4 is 17.2 Å². The van der Waals surface area contributed by atoms with Crippen LogP contribution >= 0.6 is 0 Å². The zero-order valence-corrected chi connectivity index (χ0v) is 18.2. The monoisotopic (exact) mass is 446 g/mol. The molecule has 4 rings (SSSR count). The van der Waals surface area contributed by atoms with E-state index in [1.807, 2.05) is 0 Å². The van der Waals surface area contributed by atoms with Gasteiger partial charge in [0.15, 0.2) is 17.3 Å². The Kier molecular flexibility index (Phi) is 5.75. The predicted molar refractivity (Wildman–Crippen MR) is 121 cm³/mol. The molecule has 1 aliphatic carbocycles. The van der Waals surface area contributed by atoms with Crippen molar-refractivity contribution in [2.75, 3.05) is 19.1 Å². The van der Waals surface area contributed by atoms with Crippen LogP contribution in [-0.2, 0) is 4.79 Å². The van der Waals surface area contributed by atoms with Gasteiger partial charge in [-0.2, -0.15) is 5.26 Å². The van der Waals surface area contributed by atoms with Gasteiger partial charge in [0.05, 0.1) is 42.4 Å². The second kappa shape index (κ2) is 8.67. The third kappa shape index (κ3) is 3.65. The number of benzene rings is 2. The molecule has 0 bridgehead atoms. The zero-order chi connectivity index (χ0) is 23.7. The maximum absolute atomic E-state index is 13.2. The fourth-order valence-corrected chi connectivity index (χ4v) is 4.49. The first kappa shape index (κ1) is 21.9. The summed E-state index contributed by atoms with van der Waals surface area (Å²) in [7, 11) is 3.04. The quantitative estimate of drug-likeness (QED) is 0.540. The summed E-state index contributed by atoms with van der Waals surface area (Å²) < 4.78 is 10.7. The van der Waals surface area contributed by atoms with E-state index in [0.717, 1.165) is 0 Å². The maximum atomic E-state index is 13.2. The maximum Gasteiger partial charge on any atom is 0.271 e. The summed E-state index contributed by atoms with van der Waals surface area (Å²) >= 11 is 0. The van der Waals surface area contributed by atoms with E-state index in [2.05, 4.69) is 6.07 Å². The molecule has 33 heavy (non-hydrogen) atoms. The second-order valence-corrected chi connectivity index (χ2v) is 7.71. The Morgan fingerprint density at radius 1 is 1.15 bits per heavy atom. The smallest absolute Gasteiger partial charge is 0.271 e. The van der Waals surface area contributed by atoms with Gasteiger partial charge in [-0.3, -0.25) is 19.8 Å². The van der Waals surface area contributed by atoms with Crippen LogP contribution < -0.4 is 20.1 Å². The Morgan fingerprint density at radius 3 is 2.58 bits per heavy atom. The minimum atomic E-state index is -0.674. The second-order valence-electron chi connectivity index (χ2n) is 7.71. The largest absolute Gasteiger partial charge is 0.493 e. The van der Waals surface area contributed by atoms with Crippen molar-refractivity contribution < 1.29 is 19.2 Å². The summed E-state index contributed by atoms with van der Waals surface area (Å²) in [6.07, 6.45) is 1.52. The molecule has 1 atom stereocenters. The number of nitriles is 1. The Balaban J connectivity index is 1.95. The summed E-state index contributed by atoms with van der Waals surface area (Å²) in [4.78, 5) is 25.6. The topological polar surface area (TPSA) is 132 Å². The van der Waals surface area contributed by atoms with Crippen molar-refractivity contribution in [3.8, 4) is 17.6 Å². The molecule has 2 aliphatic rings. The zero-order valence-electron chi connectivity index (χ0n) is 18.2. The molecule has 9 nitrogen and oxygen atoms in total. The molecule has 0 saturated carbocycles. The molecule has 0 unspecified atom stereocenters. The first-order valence-electron chi connectivity index (χ1n) is 10.3. The highest BCUT2D eigenvalue weighted by Gasteiger charge is 2.40. The molecule has 0 aromatic heterocycles. The highest BCUT2D eigenvalue weighted by Crippen LogP contribution is 2.47. The molecule has 0 amide bonds. The average molecular weight is 446 g/mol. The third-order valence-corrected chi connectivity index (χ3v) is 5.95. The van der Waals surface area contributed by atoms with Crippen LogP contribution in [0.5, 0.6) is 11.5 Å². The lowest BCUT2D eigenvalue weighted by Crippen LogP contribution is -2.38. The Morgan fingerprint density at radius 2 is 1.91 bits per heavy atom.